The number of rotatable bonds is 5. The van der Waals surface area contributed by atoms with Crippen molar-refractivity contribution in [3.05, 3.63) is 0 Å². The summed E-state index contributed by atoms with van der Waals surface area (Å²) in [4.78, 5) is 13.8. The van der Waals surface area contributed by atoms with Gasteiger partial charge in [0, 0.05) is 26.1 Å². The first-order chi connectivity index (χ1) is 7.16. The van der Waals surface area contributed by atoms with Gasteiger partial charge in [-0.2, -0.15) is 0 Å². The highest BCUT2D eigenvalue weighted by Crippen LogP contribution is 2.13. The van der Waals surface area contributed by atoms with Gasteiger partial charge in [-0.3, -0.25) is 4.79 Å². The molecule has 0 aromatic heterocycles. The van der Waals surface area contributed by atoms with Crippen molar-refractivity contribution in [2.75, 3.05) is 33.4 Å². The minimum atomic E-state index is 0.0514. The van der Waals surface area contributed by atoms with Crippen LogP contribution in [0.15, 0.2) is 0 Å². The van der Waals surface area contributed by atoms with E-state index < -0.39 is 0 Å². The first-order valence-electron chi connectivity index (χ1n) is 5.72. The van der Waals surface area contributed by atoms with Gasteiger partial charge in [0.15, 0.2) is 0 Å². The predicted octanol–water partition coefficient (Wildman–Crippen LogP) is 0.479. The summed E-state index contributed by atoms with van der Waals surface area (Å²) >= 11 is 0. The summed E-state index contributed by atoms with van der Waals surface area (Å²) in [5, 5.41) is 3.20. The van der Waals surface area contributed by atoms with Gasteiger partial charge in [-0.1, -0.05) is 13.8 Å². The van der Waals surface area contributed by atoms with E-state index >= 15 is 0 Å². The van der Waals surface area contributed by atoms with Crippen molar-refractivity contribution in [1.82, 2.24) is 10.2 Å². The van der Waals surface area contributed by atoms with Crippen LogP contribution in [0.25, 0.3) is 0 Å². The van der Waals surface area contributed by atoms with Crippen LogP contribution in [0.2, 0.25) is 0 Å². The number of carbonyl (C=O) groups excluding carboxylic acids is 1. The zero-order chi connectivity index (χ0) is 11.3. The number of nitrogens with one attached hydrogen (secondary N) is 1. The molecule has 0 aromatic carbocycles. The number of hydrogen-bond donors (Lipinski definition) is 1. The summed E-state index contributed by atoms with van der Waals surface area (Å²) < 4.78 is 5.28. The molecule has 4 heteroatoms. The van der Waals surface area contributed by atoms with Crippen molar-refractivity contribution in [2.24, 2.45) is 5.92 Å². The summed E-state index contributed by atoms with van der Waals surface area (Å²) in [5.74, 6) is 0.266. The minimum Gasteiger partial charge on any atom is -0.379 e. The average molecular weight is 214 g/mol. The molecular weight excluding hydrogens is 192 g/mol. The third kappa shape index (κ3) is 3.47. The molecule has 0 bridgehead atoms. The van der Waals surface area contributed by atoms with Gasteiger partial charge in [-0.15, -0.1) is 0 Å². The third-order valence-electron chi connectivity index (χ3n) is 2.92. The maximum Gasteiger partial charge on any atom is 0.226 e. The van der Waals surface area contributed by atoms with Crippen molar-refractivity contribution in [3.8, 4) is 0 Å². The molecule has 1 aliphatic rings. The van der Waals surface area contributed by atoms with Crippen LogP contribution in [-0.4, -0.2) is 50.2 Å². The quantitative estimate of drug-likeness (QED) is 0.724. The largest absolute Gasteiger partial charge is 0.379 e. The maximum atomic E-state index is 12.0. The molecule has 1 aliphatic heterocycles. The van der Waals surface area contributed by atoms with Gasteiger partial charge in [0.25, 0.3) is 0 Å². The molecule has 1 amide bonds. The van der Waals surface area contributed by atoms with E-state index in [0.717, 1.165) is 26.1 Å². The molecule has 2 unspecified atom stereocenters. The smallest absolute Gasteiger partial charge is 0.226 e. The Labute approximate surface area is 92.0 Å². The lowest BCUT2D eigenvalue weighted by molar-refractivity contribution is -0.135. The fraction of sp³-hybridized carbons (Fsp3) is 0.909. The van der Waals surface area contributed by atoms with Crippen molar-refractivity contribution in [1.29, 1.82) is 0 Å². The van der Waals surface area contributed by atoms with E-state index in [4.69, 9.17) is 4.74 Å². The van der Waals surface area contributed by atoms with E-state index in [2.05, 4.69) is 5.32 Å². The number of amides is 1. The molecule has 88 valence electrons. The molecule has 2 atom stereocenters. The summed E-state index contributed by atoms with van der Waals surface area (Å²) in [5.41, 5.74) is 0. The highest BCUT2D eigenvalue weighted by molar-refractivity contribution is 5.78. The molecule has 15 heavy (non-hydrogen) atoms. The molecule has 1 heterocycles. The van der Waals surface area contributed by atoms with Crippen LogP contribution >= 0.6 is 0 Å². The van der Waals surface area contributed by atoms with E-state index in [1.54, 1.807) is 0 Å². The highest BCUT2D eigenvalue weighted by Gasteiger charge is 2.26. The first kappa shape index (κ1) is 12.5. The molecule has 1 N–H and O–H groups in total. The Kier molecular flexibility index (Phi) is 5.05. The van der Waals surface area contributed by atoms with Crippen LogP contribution in [0.1, 0.15) is 20.3 Å². The van der Waals surface area contributed by atoms with Crippen LogP contribution in [0.3, 0.4) is 0 Å². The second kappa shape index (κ2) is 6.08. The SMILES string of the molecule is CCNCC(C)C(=O)N(C)C1CCOC1. The second-order valence-corrected chi connectivity index (χ2v) is 4.18. The topological polar surface area (TPSA) is 41.6 Å². The zero-order valence-corrected chi connectivity index (χ0v) is 9.95. The van der Waals surface area contributed by atoms with Gasteiger partial charge in [-0.05, 0) is 13.0 Å². The van der Waals surface area contributed by atoms with Crippen LogP contribution in [0.4, 0.5) is 0 Å². The molecule has 1 saturated heterocycles. The third-order valence-corrected chi connectivity index (χ3v) is 2.92. The van der Waals surface area contributed by atoms with Gasteiger partial charge in [0.05, 0.1) is 12.6 Å². The van der Waals surface area contributed by atoms with Crippen molar-refractivity contribution in [2.45, 2.75) is 26.3 Å². The molecule has 1 fully saturated rings. The van der Waals surface area contributed by atoms with Gasteiger partial charge in [0.2, 0.25) is 5.91 Å². The average Bonchev–Trinajstić information content (AvgIpc) is 2.77. The molecule has 0 aliphatic carbocycles. The molecular formula is C11H22N2O2. The van der Waals surface area contributed by atoms with Crippen LogP contribution in [-0.2, 0) is 9.53 Å². The van der Waals surface area contributed by atoms with Crippen molar-refractivity contribution in [3.63, 3.8) is 0 Å². The van der Waals surface area contributed by atoms with Gasteiger partial charge < -0.3 is 15.0 Å². The zero-order valence-electron chi connectivity index (χ0n) is 9.95. The van der Waals surface area contributed by atoms with E-state index in [-0.39, 0.29) is 17.9 Å². The minimum absolute atomic E-state index is 0.0514. The van der Waals surface area contributed by atoms with Crippen molar-refractivity contribution >= 4 is 5.91 Å². The number of carbonyl (C=O) groups is 1. The number of nitrogens with zero attached hydrogens (tertiary/aromatic N) is 1. The van der Waals surface area contributed by atoms with Gasteiger partial charge >= 0.3 is 0 Å². The van der Waals surface area contributed by atoms with E-state index in [1.807, 2.05) is 25.8 Å². The summed E-state index contributed by atoms with van der Waals surface area (Å²) in [6, 6.07) is 0.279. The Morgan fingerprint density at radius 1 is 1.67 bits per heavy atom. The lowest BCUT2D eigenvalue weighted by atomic mass is 10.1. The number of hydrogen-bond acceptors (Lipinski definition) is 3. The Morgan fingerprint density at radius 2 is 2.40 bits per heavy atom. The maximum absolute atomic E-state index is 12.0. The summed E-state index contributed by atoms with van der Waals surface area (Å²) in [7, 11) is 1.88. The Balaban J connectivity index is 2.36. The van der Waals surface area contributed by atoms with Gasteiger partial charge in [-0.25, -0.2) is 0 Å². The van der Waals surface area contributed by atoms with E-state index in [1.165, 1.54) is 0 Å². The highest BCUT2D eigenvalue weighted by atomic mass is 16.5. The fourth-order valence-electron chi connectivity index (χ4n) is 1.80. The lowest BCUT2D eigenvalue weighted by Gasteiger charge is -2.26. The van der Waals surface area contributed by atoms with E-state index in [0.29, 0.717) is 6.61 Å². The van der Waals surface area contributed by atoms with Gasteiger partial charge in [0.1, 0.15) is 0 Å². The Morgan fingerprint density at radius 3 is 2.93 bits per heavy atom. The molecule has 4 nitrogen and oxygen atoms in total. The normalized spacial score (nSPS) is 22.7. The monoisotopic (exact) mass is 214 g/mol. The summed E-state index contributed by atoms with van der Waals surface area (Å²) in [6.07, 6.45) is 0.968. The number of ether oxygens (including phenoxy) is 1. The van der Waals surface area contributed by atoms with Crippen LogP contribution < -0.4 is 5.32 Å². The Bertz CT molecular complexity index is 203. The number of likely N-dealkylation sites (N-methyl/N-ethyl adjacent to an activating group) is 1. The van der Waals surface area contributed by atoms with Crippen LogP contribution in [0, 0.1) is 5.92 Å². The first-order valence-corrected chi connectivity index (χ1v) is 5.72. The molecule has 0 aromatic rings. The van der Waals surface area contributed by atoms with E-state index in [9.17, 15) is 4.79 Å². The lowest BCUT2D eigenvalue weighted by Crippen LogP contribution is -2.42. The molecule has 0 spiro atoms. The molecule has 1 rings (SSSR count). The molecule has 0 radical (unpaired) electrons. The van der Waals surface area contributed by atoms with Crippen LogP contribution in [0.5, 0.6) is 0 Å². The fourth-order valence-corrected chi connectivity index (χ4v) is 1.80. The second-order valence-electron chi connectivity index (χ2n) is 4.18. The molecule has 0 saturated carbocycles. The summed E-state index contributed by atoms with van der Waals surface area (Å²) in [6.45, 7) is 7.16. The predicted molar refractivity (Wildman–Crippen MR) is 59.7 cm³/mol. The standard InChI is InChI=1S/C11H22N2O2/c1-4-12-7-9(2)11(14)13(3)10-5-6-15-8-10/h9-10,12H,4-8H2,1-3H3. The van der Waals surface area contributed by atoms with Crippen molar-refractivity contribution < 1.29 is 9.53 Å². The Hall–Kier alpha value is -0.610.